The van der Waals surface area contributed by atoms with Crippen molar-refractivity contribution in [3.63, 3.8) is 0 Å². The summed E-state index contributed by atoms with van der Waals surface area (Å²) in [6.07, 6.45) is 0. The average molecular weight is 335 g/mol. The summed E-state index contributed by atoms with van der Waals surface area (Å²) in [7, 11) is -3.43. The van der Waals surface area contributed by atoms with Gasteiger partial charge in [-0.15, -0.1) is 0 Å². The molecule has 0 radical (unpaired) electrons. The van der Waals surface area contributed by atoms with Gasteiger partial charge in [-0.25, -0.2) is 8.42 Å². The zero-order chi connectivity index (χ0) is 17.0. The molecule has 1 amide bonds. The van der Waals surface area contributed by atoms with Crippen molar-refractivity contribution in [1.29, 1.82) is 5.26 Å². The van der Waals surface area contributed by atoms with Crippen molar-refractivity contribution in [2.75, 3.05) is 25.4 Å². The van der Waals surface area contributed by atoms with Crippen LogP contribution >= 0.6 is 0 Å². The van der Waals surface area contributed by atoms with Crippen molar-refractivity contribution in [2.45, 2.75) is 24.8 Å². The van der Waals surface area contributed by atoms with Crippen LogP contribution in [-0.2, 0) is 14.6 Å². The number of benzene rings is 1. The second-order valence-corrected chi connectivity index (χ2v) is 8.08. The van der Waals surface area contributed by atoms with Crippen LogP contribution in [0.5, 0.6) is 0 Å². The lowest BCUT2D eigenvalue weighted by molar-refractivity contribution is -0.130. The van der Waals surface area contributed by atoms with Crippen LogP contribution in [-0.4, -0.2) is 50.7 Å². The predicted octanol–water partition coefficient (Wildman–Crippen LogP) is 0.788. The maximum Gasteiger partial charge on any atom is 0.237 e. The highest BCUT2D eigenvalue weighted by molar-refractivity contribution is 7.91. The third-order valence-electron chi connectivity index (χ3n) is 3.98. The lowest BCUT2D eigenvalue weighted by Crippen LogP contribution is -2.58. The van der Waals surface area contributed by atoms with Gasteiger partial charge in [-0.2, -0.15) is 5.26 Å². The van der Waals surface area contributed by atoms with Gasteiger partial charge >= 0.3 is 0 Å². The van der Waals surface area contributed by atoms with E-state index < -0.39 is 9.84 Å². The van der Waals surface area contributed by atoms with E-state index in [9.17, 15) is 13.2 Å². The fourth-order valence-corrected chi connectivity index (χ4v) is 4.06. The summed E-state index contributed by atoms with van der Waals surface area (Å²) in [5.74, 6) is 0.0324. The number of carbonyl (C=O) groups excluding carboxylic acids is 1. The molecular formula is C16H21N3O3S. The molecule has 1 N–H and O–H groups in total. The number of rotatable bonds is 5. The van der Waals surface area contributed by atoms with Crippen molar-refractivity contribution in [1.82, 2.24) is 10.2 Å². The molecule has 1 aromatic carbocycles. The van der Waals surface area contributed by atoms with E-state index in [4.69, 9.17) is 5.26 Å². The molecule has 2 rings (SSSR count). The summed E-state index contributed by atoms with van der Waals surface area (Å²) in [6.45, 7) is 5.42. The molecule has 6 nitrogen and oxygen atoms in total. The second kappa shape index (κ2) is 7.11. The molecule has 1 heterocycles. The average Bonchev–Trinajstić information content (AvgIpc) is 2.52. The molecule has 0 aliphatic carbocycles. The first kappa shape index (κ1) is 17.4. The largest absolute Gasteiger partial charge is 0.353 e. The first-order chi connectivity index (χ1) is 10.8. The Morgan fingerprint density at radius 1 is 1.35 bits per heavy atom. The SMILES string of the molecule is CC(C)C1C(=O)NCCN1CCS(=O)(=O)c1ccc(C#N)cc1. The topological polar surface area (TPSA) is 90.3 Å². The van der Waals surface area contributed by atoms with E-state index >= 15 is 0 Å². The van der Waals surface area contributed by atoms with Crippen molar-refractivity contribution < 1.29 is 13.2 Å². The molecule has 1 saturated heterocycles. The van der Waals surface area contributed by atoms with Crippen LogP contribution in [0.15, 0.2) is 29.2 Å². The van der Waals surface area contributed by atoms with Gasteiger partial charge in [0.1, 0.15) is 0 Å². The van der Waals surface area contributed by atoms with Gasteiger partial charge in [0.25, 0.3) is 0 Å². The van der Waals surface area contributed by atoms with E-state index in [0.717, 1.165) is 0 Å². The van der Waals surface area contributed by atoms with Crippen LogP contribution < -0.4 is 5.32 Å². The predicted molar refractivity (Wildman–Crippen MR) is 86.4 cm³/mol. The number of hydrogen-bond donors (Lipinski definition) is 1. The number of hydrogen-bond acceptors (Lipinski definition) is 5. The Morgan fingerprint density at radius 3 is 2.57 bits per heavy atom. The summed E-state index contributed by atoms with van der Waals surface area (Å²) < 4.78 is 24.8. The second-order valence-electron chi connectivity index (χ2n) is 5.97. The van der Waals surface area contributed by atoms with E-state index in [1.807, 2.05) is 24.8 Å². The Bertz CT molecular complexity index is 705. The van der Waals surface area contributed by atoms with Gasteiger partial charge in [0.15, 0.2) is 9.84 Å². The Hall–Kier alpha value is -1.91. The van der Waals surface area contributed by atoms with Crippen LogP contribution in [0.3, 0.4) is 0 Å². The van der Waals surface area contributed by atoms with Gasteiger partial charge in [0.05, 0.1) is 28.3 Å². The maximum absolute atomic E-state index is 12.4. The van der Waals surface area contributed by atoms with E-state index in [1.165, 1.54) is 24.3 Å². The van der Waals surface area contributed by atoms with Gasteiger partial charge in [-0.05, 0) is 30.2 Å². The fraction of sp³-hybridized carbons (Fsp3) is 0.500. The van der Waals surface area contributed by atoms with Gasteiger partial charge in [-0.3, -0.25) is 9.69 Å². The van der Waals surface area contributed by atoms with Crippen molar-refractivity contribution in [2.24, 2.45) is 5.92 Å². The zero-order valence-corrected chi connectivity index (χ0v) is 14.1. The fourth-order valence-electron chi connectivity index (χ4n) is 2.80. The number of sulfone groups is 1. The summed E-state index contributed by atoms with van der Waals surface area (Å²) in [5, 5.41) is 11.6. The number of nitriles is 1. The van der Waals surface area contributed by atoms with Crippen molar-refractivity contribution in [3.8, 4) is 6.07 Å². The number of amides is 1. The number of nitrogens with zero attached hydrogens (tertiary/aromatic N) is 2. The molecule has 0 bridgehead atoms. The standard InChI is InChI=1S/C16H21N3O3S/c1-12(2)15-16(20)18-7-8-19(15)9-10-23(21,22)14-5-3-13(11-17)4-6-14/h3-6,12,15H,7-10H2,1-2H3,(H,18,20). The van der Waals surface area contributed by atoms with Crippen LogP contribution in [0.25, 0.3) is 0 Å². The Kier molecular flexibility index (Phi) is 5.39. The van der Waals surface area contributed by atoms with Gasteiger partial charge in [-0.1, -0.05) is 13.8 Å². The lowest BCUT2D eigenvalue weighted by Gasteiger charge is -2.37. The van der Waals surface area contributed by atoms with E-state index in [-0.39, 0.29) is 28.5 Å². The van der Waals surface area contributed by atoms with Crippen LogP contribution in [0.2, 0.25) is 0 Å². The third kappa shape index (κ3) is 4.09. The molecule has 124 valence electrons. The zero-order valence-electron chi connectivity index (χ0n) is 13.3. The van der Waals surface area contributed by atoms with Crippen LogP contribution in [0.4, 0.5) is 0 Å². The number of nitrogens with one attached hydrogen (secondary N) is 1. The lowest BCUT2D eigenvalue weighted by atomic mass is 10.00. The van der Waals surface area contributed by atoms with Gasteiger partial charge in [0.2, 0.25) is 5.91 Å². The Morgan fingerprint density at radius 2 is 2.00 bits per heavy atom. The molecule has 1 aliphatic rings. The Labute approximate surface area is 137 Å². The smallest absolute Gasteiger partial charge is 0.237 e. The van der Waals surface area contributed by atoms with E-state index in [1.54, 1.807) is 0 Å². The molecule has 0 aromatic heterocycles. The van der Waals surface area contributed by atoms with Crippen LogP contribution in [0, 0.1) is 17.2 Å². The quantitative estimate of drug-likeness (QED) is 0.859. The van der Waals surface area contributed by atoms with Crippen LogP contribution in [0.1, 0.15) is 19.4 Å². The summed E-state index contributed by atoms with van der Waals surface area (Å²) in [6, 6.07) is 7.58. The van der Waals surface area contributed by atoms with Gasteiger partial charge in [0, 0.05) is 19.6 Å². The maximum atomic E-state index is 12.4. The summed E-state index contributed by atoms with van der Waals surface area (Å²) in [4.78, 5) is 14.1. The molecule has 1 atom stereocenters. The Balaban J connectivity index is 2.08. The normalized spacial score (nSPS) is 19.4. The van der Waals surface area contributed by atoms with Crippen molar-refractivity contribution in [3.05, 3.63) is 29.8 Å². The monoisotopic (exact) mass is 335 g/mol. The highest BCUT2D eigenvalue weighted by atomic mass is 32.2. The minimum Gasteiger partial charge on any atom is -0.353 e. The molecule has 0 saturated carbocycles. The van der Waals surface area contributed by atoms with E-state index in [0.29, 0.717) is 25.2 Å². The van der Waals surface area contributed by atoms with E-state index in [2.05, 4.69) is 5.32 Å². The highest BCUT2D eigenvalue weighted by Crippen LogP contribution is 2.16. The molecule has 7 heteroatoms. The minimum atomic E-state index is -3.43. The molecule has 0 spiro atoms. The summed E-state index contributed by atoms with van der Waals surface area (Å²) >= 11 is 0. The van der Waals surface area contributed by atoms with Gasteiger partial charge < -0.3 is 5.32 Å². The number of carbonyl (C=O) groups is 1. The molecular weight excluding hydrogens is 314 g/mol. The molecule has 1 fully saturated rings. The first-order valence-electron chi connectivity index (χ1n) is 7.60. The highest BCUT2D eigenvalue weighted by Gasteiger charge is 2.32. The molecule has 1 unspecified atom stereocenters. The third-order valence-corrected chi connectivity index (χ3v) is 5.69. The minimum absolute atomic E-state index is 0.0398. The molecule has 1 aliphatic heterocycles. The molecule has 23 heavy (non-hydrogen) atoms. The summed E-state index contributed by atoms with van der Waals surface area (Å²) in [5.41, 5.74) is 0.427. The van der Waals surface area contributed by atoms with Crippen molar-refractivity contribution >= 4 is 15.7 Å². The number of piperazine rings is 1. The first-order valence-corrected chi connectivity index (χ1v) is 9.25. The molecule has 1 aromatic rings.